The van der Waals surface area contributed by atoms with E-state index in [2.05, 4.69) is 25.9 Å². The summed E-state index contributed by atoms with van der Waals surface area (Å²) in [6.07, 6.45) is 2.26. The van der Waals surface area contributed by atoms with Crippen molar-refractivity contribution in [3.63, 3.8) is 0 Å². The molecule has 0 heterocycles. The molecule has 7 nitrogen and oxygen atoms in total. The Morgan fingerprint density at radius 1 is 1.14 bits per heavy atom. The molecule has 0 radical (unpaired) electrons. The molecule has 0 amide bonds. The molecule has 0 atom stereocenters. The second-order valence-corrected chi connectivity index (χ2v) is 8.16. The number of hydrazone groups is 1. The van der Waals surface area contributed by atoms with Crippen LogP contribution in [0.2, 0.25) is 0 Å². The Bertz CT molecular complexity index is 915. The molecule has 2 aromatic carbocycles. The maximum absolute atomic E-state index is 12.3. The number of rotatable bonds is 10. The summed E-state index contributed by atoms with van der Waals surface area (Å²) >= 11 is 3.44. The smallest absolute Gasteiger partial charge is 0.276 e. The van der Waals surface area contributed by atoms with Gasteiger partial charge in [-0.2, -0.15) is 13.5 Å². The van der Waals surface area contributed by atoms with Crippen molar-refractivity contribution in [1.82, 2.24) is 4.83 Å². The van der Waals surface area contributed by atoms with Gasteiger partial charge in [-0.25, -0.2) is 4.83 Å². The lowest BCUT2D eigenvalue weighted by atomic mass is 10.2. The van der Waals surface area contributed by atoms with Crippen molar-refractivity contribution < 1.29 is 22.6 Å². The minimum atomic E-state index is -3.78. The number of nitrogens with zero attached hydrogens (tertiary/aromatic N) is 1. The molecule has 28 heavy (non-hydrogen) atoms. The van der Waals surface area contributed by atoms with Crippen LogP contribution >= 0.6 is 15.9 Å². The highest BCUT2D eigenvalue weighted by molar-refractivity contribution is 9.10. The minimum absolute atomic E-state index is 0.0928. The van der Waals surface area contributed by atoms with Gasteiger partial charge in [0.1, 0.15) is 5.75 Å². The second kappa shape index (κ2) is 10.3. The first-order chi connectivity index (χ1) is 13.4. The zero-order chi connectivity index (χ0) is 20.6. The van der Waals surface area contributed by atoms with E-state index in [-0.39, 0.29) is 4.90 Å². The molecule has 9 heteroatoms. The molecule has 0 spiro atoms. The lowest BCUT2D eigenvalue weighted by Crippen LogP contribution is -2.18. The molecule has 1 N–H and O–H groups in total. The van der Waals surface area contributed by atoms with Crippen molar-refractivity contribution in [2.75, 3.05) is 20.3 Å². The molecule has 0 saturated heterocycles. The largest absolute Gasteiger partial charge is 0.494 e. The zero-order valence-electron chi connectivity index (χ0n) is 15.9. The summed E-state index contributed by atoms with van der Waals surface area (Å²) in [7, 11) is -2.24. The molecule has 0 saturated carbocycles. The first kappa shape index (κ1) is 22.0. The number of methoxy groups -OCH3 is 1. The molecule has 0 aliphatic heterocycles. The Hall–Kier alpha value is -2.26. The van der Waals surface area contributed by atoms with Crippen molar-refractivity contribution in [2.45, 2.75) is 25.2 Å². The monoisotopic (exact) mass is 470 g/mol. The van der Waals surface area contributed by atoms with Gasteiger partial charge in [0.2, 0.25) is 0 Å². The molecule has 0 fully saturated rings. The van der Waals surface area contributed by atoms with Gasteiger partial charge in [0.05, 0.1) is 35.9 Å². The second-order valence-electron chi connectivity index (χ2n) is 5.64. The lowest BCUT2D eigenvalue weighted by Gasteiger charge is -2.12. The van der Waals surface area contributed by atoms with Gasteiger partial charge in [0.15, 0.2) is 11.5 Å². The van der Waals surface area contributed by atoms with Gasteiger partial charge in [-0.1, -0.05) is 6.92 Å². The van der Waals surface area contributed by atoms with E-state index < -0.39 is 10.0 Å². The first-order valence-electron chi connectivity index (χ1n) is 8.69. The van der Waals surface area contributed by atoms with Crippen LogP contribution in [0.1, 0.15) is 25.8 Å². The number of nitrogens with one attached hydrogen (secondary N) is 1. The van der Waals surface area contributed by atoms with E-state index in [9.17, 15) is 8.42 Å². The van der Waals surface area contributed by atoms with Crippen LogP contribution in [0.3, 0.4) is 0 Å². The maximum atomic E-state index is 12.3. The van der Waals surface area contributed by atoms with Crippen molar-refractivity contribution in [2.24, 2.45) is 5.10 Å². The van der Waals surface area contributed by atoms with Crippen molar-refractivity contribution in [3.8, 4) is 17.2 Å². The highest BCUT2D eigenvalue weighted by Gasteiger charge is 2.13. The number of sulfonamides is 1. The van der Waals surface area contributed by atoms with Crippen LogP contribution in [-0.2, 0) is 10.0 Å². The normalized spacial score (nSPS) is 11.4. The molecular weight excluding hydrogens is 448 g/mol. The fourth-order valence-corrected chi connectivity index (χ4v) is 3.63. The van der Waals surface area contributed by atoms with Crippen LogP contribution in [0.25, 0.3) is 0 Å². The molecule has 0 aliphatic rings. The molecule has 0 aliphatic carbocycles. The Balaban J connectivity index is 2.13. The van der Waals surface area contributed by atoms with E-state index in [1.807, 2.05) is 13.8 Å². The van der Waals surface area contributed by atoms with Gasteiger partial charge in [0.25, 0.3) is 10.0 Å². The number of ether oxygens (including phenoxy) is 3. The van der Waals surface area contributed by atoms with E-state index in [1.165, 1.54) is 25.5 Å². The van der Waals surface area contributed by atoms with E-state index in [0.717, 1.165) is 6.42 Å². The third kappa shape index (κ3) is 5.87. The predicted molar refractivity (Wildman–Crippen MR) is 112 cm³/mol. The highest BCUT2D eigenvalue weighted by Crippen LogP contribution is 2.36. The third-order valence-corrected chi connectivity index (χ3v) is 5.36. The summed E-state index contributed by atoms with van der Waals surface area (Å²) in [5.74, 6) is 1.72. The van der Waals surface area contributed by atoms with Crippen LogP contribution < -0.4 is 19.0 Å². The van der Waals surface area contributed by atoms with Crippen LogP contribution in [0.15, 0.2) is 50.9 Å². The number of hydrogen-bond acceptors (Lipinski definition) is 6. The summed E-state index contributed by atoms with van der Waals surface area (Å²) in [5, 5.41) is 3.85. The predicted octanol–water partition coefficient (Wildman–Crippen LogP) is 3.96. The molecule has 152 valence electrons. The fourth-order valence-electron chi connectivity index (χ4n) is 2.26. The first-order valence-corrected chi connectivity index (χ1v) is 11.0. The van der Waals surface area contributed by atoms with Gasteiger partial charge in [-0.3, -0.25) is 0 Å². The van der Waals surface area contributed by atoms with Crippen molar-refractivity contribution in [1.29, 1.82) is 0 Å². The standard InChI is InChI=1S/C19H23BrN2O5S/c1-4-10-27-19-17(20)11-14(12-18(19)25-3)13-21-22-28(23,24)16-8-6-15(7-9-16)26-5-2/h6-9,11-13,22H,4-5,10H2,1-3H3/b21-13+. The molecule has 0 bridgehead atoms. The van der Waals surface area contributed by atoms with Gasteiger partial charge in [-0.05, 0) is 71.2 Å². The van der Waals surface area contributed by atoms with Gasteiger partial charge >= 0.3 is 0 Å². The third-order valence-electron chi connectivity index (χ3n) is 3.53. The number of hydrogen-bond donors (Lipinski definition) is 1. The Morgan fingerprint density at radius 3 is 2.46 bits per heavy atom. The van der Waals surface area contributed by atoms with Crippen molar-refractivity contribution in [3.05, 3.63) is 46.4 Å². The van der Waals surface area contributed by atoms with E-state index in [4.69, 9.17) is 14.2 Å². The Labute approximate surface area is 173 Å². The lowest BCUT2D eigenvalue weighted by molar-refractivity contribution is 0.292. The molecule has 2 aromatic rings. The van der Waals surface area contributed by atoms with Crippen LogP contribution in [-0.4, -0.2) is 35.0 Å². The summed E-state index contributed by atoms with van der Waals surface area (Å²) < 4.78 is 41.7. The van der Waals surface area contributed by atoms with Crippen molar-refractivity contribution >= 4 is 32.2 Å². The fraction of sp³-hybridized carbons (Fsp3) is 0.316. The topological polar surface area (TPSA) is 86.2 Å². The van der Waals surface area contributed by atoms with Gasteiger partial charge < -0.3 is 14.2 Å². The van der Waals surface area contributed by atoms with E-state index >= 15 is 0 Å². The average molecular weight is 471 g/mol. The Kier molecular flexibility index (Phi) is 8.13. The van der Waals surface area contributed by atoms with Crippen LogP contribution in [0.4, 0.5) is 0 Å². The zero-order valence-corrected chi connectivity index (χ0v) is 18.3. The quantitative estimate of drug-likeness (QED) is 0.419. The summed E-state index contributed by atoms with van der Waals surface area (Å²) in [6, 6.07) is 9.59. The average Bonchev–Trinajstić information content (AvgIpc) is 2.67. The highest BCUT2D eigenvalue weighted by atomic mass is 79.9. The van der Waals surface area contributed by atoms with Crippen LogP contribution in [0.5, 0.6) is 17.2 Å². The molecule has 0 unspecified atom stereocenters. The minimum Gasteiger partial charge on any atom is -0.494 e. The SMILES string of the molecule is CCCOc1c(Br)cc(/C=N/NS(=O)(=O)c2ccc(OCC)cc2)cc1OC. The van der Waals surface area contributed by atoms with Gasteiger partial charge in [-0.15, -0.1) is 0 Å². The van der Waals surface area contributed by atoms with E-state index in [0.29, 0.717) is 40.5 Å². The number of halogens is 1. The number of benzene rings is 2. The maximum Gasteiger partial charge on any atom is 0.276 e. The van der Waals surface area contributed by atoms with E-state index in [1.54, 1.807) is 24.3 Å². The molecular formula is C19H23BrN2O5S. The summed E-state index contributed by atoms with van der Waals surface area (Å²) in [4.78, 5) is 2.29. The van der Waals surface area contributed by atoms with Gasteiger partial charge in [0, 0.05) is 0 Å². The summed E-state index contributed by atoms with van der Waals surface area (Å²) in [6.45, 7) is 4.94. The molecule has 0 aromatic heterocycles. The van der Waals surface area contributed by atoms with Crippen LogP contribution in [0, 0.1) is 0 Å². The Morgan fingerprint density at radius 2 is 1.86 bits per heavy atom. The molecule has 2 rings (SSSR count). The summed E-state index contributed by atoms with van der Waals surface area (Å²) in [5.41, 5.74) is 0.641.